The molecule has 0 fully saturated rings. The summed E-state index contributed by atoms with van der Waals surface area (Å²) >= 11 is 1.80. The topological polar surface area (TPSA) is 0 Å². The standard InChI is InChI=1S/C24H43S/c1-3-5-7-9-11-13-15-17-19-23-21-25-22-24(23)20-18-16-14-12-10-8-6-4-2/h21H,3-20H2,1-2H3. The molecule has 0 spiro atoms. The molecule has 0 aromatic carbocycles. The van der Waals surface area contributed by atoms with E-state index in [1.165, 1.54) is 116 Å². The minimum absolute atomic E-state index is 1.27. The average Bonchev–Trinajstić information content (AvgIpc) is 3.07. The molecule has 0 aliphatic heterocycles. The molecule has 145 valence electrons. The van der Waals surface area contributed by atoms with E-state index in [9.17, 15) is 0 Å². The van der Waals surface area contributed by atoms with Gasteiger partial charge in [0.05, 0.1) is 0 Å². The van der Waals surface area contributed by atoms with Gasteiger partial charge in [-0.25, -0.2) is 0 Å². The van der Waals surface area contributed by atoms with Crippen LogP contribution in [0, 0.1) is 5.38 Å². The molecule has 1 radical (unpaired) electrons. The maximum atomic E-state index is 3.54. The second kappa shape index (κ2) is 17.1. The van der Waals surface area contributed by atoms with Crippen molar-refractivity contribution < 1.29 is 0 Å². The molecule has 0 aliphatic carbocycles. The first kappa shape index (κ1) is 22.7. The molecule has 0 saturated heterocycles. The first-order valence-electron chi connectivity index (χ1n) is 11.3. The summed E-state index contributed by atoms with van der Waals surface area (Å²) in [6.45, 7) is 4.59. The Balaban J connectivity index is 2.00. The van der Waals surface area contributed by atoms with E-state index in [4.69, 9.17) is 0 Å². The third kappa shape index (κ3) is 12.7. The summed E-state index contributed by atoms with van der Waals surface area (Å²) in [6.07, 6.45) is 25.2. The van der Waals surface area contributed by atoms with Crippen molar-refractivity contribution >= 4 is 11.3 Å². The summed E-state index contributed by atoms with van der Waals surface area (Å²) in [5, 5.41) is 5.90. The van der Waals surface area contributed by atoms with Crippen LogP contribution in [0.1, 0.15) is 128 Å². The van der Waals surface area contributed by atoms with Gasteiger partial charge in [-0.05, 0) is 42.2 Å². The molecule has 1 heteroatoms. The average molecular weight is 364 g/mol. The Hall–Kier alpha value is -0.300. The van der Waals surface area contributed by atoms with E-state index in [1.807, 2.05) is 0 Å². The SMILES string of the molecule is CCCCCCCCCCc1[c]scc1CCCCCCCCCC. The van der Waals surface area contributed by atoms with Crippen molar-refractivity contribution in [3.63, 3.8) is 0 Å². The van der Waals surface area contributed by atoms with Gasteiger partial charge in [-0.15, -0.1) is 11.3 Å². The van der Waals surface area contributed by atoms with Crippen LogP contribution in [-0.2, 0) is 12.8 Å². The van der Waals surface area contributed by atoms with Crippen molar-refractivity contribution in [1.82, 2.24) is 0 Å². The maximum absolute atomic E-state index is 3.54. The van der Waals surface area contributed by atoms with E-state index in [0.29, 0.717) is 0 Å². The normalized spacial score (nSPS) is 11.3. The second-order valence-electron chi connectivity index (χ2n) is 7.79. The van der Waals surface area contributed by atoms with E-state index < -0.39 is 0 Å². The highest BCUT2D eigenvalue weighted by Crippen LogP contribution is 2.21. The fourth-order valence-corrected chi connectivity index (χ4v) is 4.45. The lowest BCUT2D eigenvalue weighted by Gasteiger charge is -2.05. The Kier molecular flexibility index (Phi) is 15.6. The molecule has 25 heavy (non-hydrogen) atoms. The Labute approximate surface area is 162 Å². The lowest BCUT2D eigenvalue weighted by Crippen LogP contribution is -1.92. The van der Waals surface area contributed by atoms with Crippen LogP contribution in [-0.4, -0.2) is 0 Å². The molecule has 1 rings (SSSR count). The Morgan fingerprint density at radius 2 is 1.04 bits per heavy atom. The number of hydrogen-bond donors (Lipinski definition) is 0. The van der Waals surface area contributed by atoms with Crippen molar-refractivity contribution in [3.05, 3.63) is 21.9 Å². The van der Waals surface area contributed by atoms with Gasteiger partial charge >= 0.3 is 0 Å². The molecule has 0 N–H and O–H groups in total. The maximum Gasteiger partial charge on any atom is 0.0480 e. The summed E-state index contributed by atoms with van der Waals surface area (Å²) in [6, 6.07) is 0. The highest BCUT2D eigenvalue weighted by Gasteiger charge is 2.04. The van der Waals surface area contributed by atoms with Crippen molar-refractivity contribution in [1.29, 1.82) is 0 Å². The lowest BCUT2D eigenvalue weighted by molar-refractivity contribution is 0.571. The van der Waals surface area contributed by atoms with Gasteiger partial charge in [0, 0.05) is 5.38 Å². The molecular weight excluding hydrogens is 320 g/mol. The summed E-state index contributed by atoms with van der Waals surface area (Å²) in [4.78, 5) is 0. The van der Waals surface area contributed by atoms with Crippen molar-refractivity contribution in [2.45, 2.75) is 129 Å². The molecular formula is C24H43S. The Morgan fingerprint density at radius 1 is 0.600 bits per heavy atom. The molecule has 0 nitrogen and oxygen atoms in total. The monoisotopic (exact) mass is 363 g/mol. The summed E-state index contributed by atoms with van der Waals surface area (Å²) in [5.41, 5.74) is 3.15. The minimum atomic E-state index is 1.27. The smallest absolute Gasteiger partial charge is 0.0480 e. The summed E-state index contributed by atoms with van der Waals surface area (Å²) in [5.74, 6) is 0. The van der Waals surface area contributed by atoms with Crippen LogP contribution >= 0.6 is 11.3 Å². The van der Waals surface area contributed by atoms with E-state index >= 15 is 0 Å². The van der Waals surface area contributed by atoms with Crippen LogP contribution in [0.2, 0.25) is 0 Å². The van der Waals surface area contributed by atoms with Gasteiger partial charge in [0.2, 0.25) is 0 Å². The molecule has 0 unspecified atom stereocenters. The van der Waals surface area contributed by atoms with E-state index in [0.717, 1.165) is 0 Å². The second-order valence-corrected chi connectivity index (χ2v) is 8.47. The van der Waals surface area contributed by atoms with Gasteiger partial charge in [-0.3, -0.25) is 0 Å². The molecule has 0 amide bonds. The first-order chi connectivity index (χ1) is 12.4. The molecule has 1 aromatic heterocycles. The van der Waals surface area contributed by atoms with E-state index in [-0.39, 0.29) is 0 Å². The fraction of sp³-hybridized carbons (Fsp3) is 0.833. The van der Waals surface area contributed by atoms with Crippen LogP contribution in [0.4, 0.5) is 0 Å². The van der Waals surface area contributed by atoms with Crippen LogP contribution in [0.25, 0.3) is 0 Å². The van der Waals surface area contributed by atoms with Crippen molar-refractivity contribution in [2.24, 2.45) is 0 Å². The summed E-state index contributed by atoms with van der Waals surface area (Å²) in [7, 11) is 0. The molecule has 0 saturated carbocycles. The third-order valence-electron chi connectivity index (χ3n) is 5.35. The van der Waals surface area contributed by atoms with Gasteiger partial charge in [0.25, 0.3) is 0 Å². The zero-order valence-corrected chi connectivity index (χ0v) is 18.0. The molecule has 0 aliphatic rings. The fourth-order valence-electron chi connectivity index (χ4n) is 3.61. The van der Waals surface area contributed by atoms with Crippen molar-refractivity contribution in [3.8, 4) is 0 Å². The number of hydrogen-bond acceptors (Lipinski definition) is 1. The number of unbranched alkanes of at least 4 members (excludes halogenated alkanes) is 14. The third-order valence-corrected chi connectivity index (χ3v) is 6.12. The van der Waals surface area contributed by atoms with Gasteiger partial charge in [0.15, 0.2) is 0 Å². The molecule has 0 atom stereocenters. The highest BCUT2D eigenvalue weighted by atomic mass is 32.1. The number of thiophene rings is 1. The Morgan fingerprint density at radius 3 is 1.56 bits per heavy atom. The Bertz CT molecular complexity index is 345. The minimum Gasteiger partial charge on any atom is -0.142 e. The van der Waals surface area contributed by atoms with Gasteiger partial charge < -0.3 is 0 Å². The predicted octanol–water partition coefficient (Wildman–Crippen LogP) is 8.91. The molecule has 1 heterocycles. The van der Waals surface area contributed by atoms with Gasteiger partial charge in [-0.1, -0.05) is 104 Å². The highest BCUT2D eigenvalue weighted by molar-refractivity contribution is 7.07. The quantitative estimate of drug-likeness (QED) is 0.228. The zero-order valence-electron chi connectivity index (χ0n) is 17.2. The zero-order chi connectivity index (χ0) is 18.0. The first-order valence-corrected chi connectivity index (χ1v) is 12.2. The van der Waals surface area contributed by atoms with Crippen LogP contribution in [0.5, 0.6) is 0 Å². The van der Waals surface area contributed by atoms with E-state index in [2.05, 4.69) is 24.6 Å². The molecule has 0 bridgehead atoms. The van der Waals surface area contributed by atoms with Crippen molar-refractivity contribution in [2.75, 3.05) is 0 Å². The predicted molar refractivity (Wildman–Crippen MR) is 116 cm³/mol. The summed E-state index contributed by atoms with van der Waals surface area (Å²) < 4.78 is 0. The molecule has 1 aromatic rings. The van der Waals surface area contributed by atoms with Gasteiger partial charge in [-0.2, -0.15) is 0 Å². The lowest BCUT2D eigenvalue weighted by atomic mass is 10.00. The van der Waals surface area contributed by atoms with Crippen LogP contribution in [0.15, 0.2) is 5.38 Å². The number of rotatable bonds is 18. The number of aryl methyl sites for hydroxylation is 2. The van der Waals surface area contributed by atoms with Gasteiger partial charge in [0.1, 0.15) is 0 Å². The van der Waals surface area contributed by atoms with Crippen LogP contribution in [0.3, 0.4) is 0 Å². The largest absolute Gasteiger partial charge is 0.142 e. The van der Waals surface area contributed by atoms with Crippen LogP contribution < -0.4 is 0 Å². The van der Waals surface area contributed by atoms with E-state index in [1.54, 1.807) is 22.5 Å².